The number of hydrogen-bond donors (Lipinski definition) is 2. The number of hydrogen-bond acceptors (Lipinski definition) is 4. The Kier molecular flexibility index (Phi) is 5.95. The molecule has 0 aliphatic rings. The molecule has 0 heterocycles. The lowest BCUT2D eigenvalue weighted by Gasteiger charge is -2.20. The number of rotatable bonds is 7. The molecule has 0 amide bonds. The third-order valence-electron chi connectivity index (χ3n) is 3.24. The van der Waals surface area contributed by atoms with E-state index in [1.807, 2.05) is 25.1 Å². The summed E-state index contributed by atoms with van der Waals surface area (Å²) < 4.78 is 10.6. The van der Waals surface area contributed by atoms with Gasteiger partial charge in [-0.3, -0.25) is 0 Å². The lowest BCUT2D eigenvalue weighted by Crippen LogP contribution is -2.33. The molecule has 4 heteroatoms. The normalized spacial score (nSPS) is 14.1. The van der Waals surface area contributed by atoms with E-state index in [-0.39, 0.29) is 18.6 Å². The fourth-order valence-electron chi connectivity index (χ4n) is 1.72. The van der Waals surface area contributed by atoms with Crippen LogP contribution in [0.2, 0.25) is 0 Å². The van der Waals surface area contributed by atoms with Gasteiger partial charge in [-0.25, -0.2) is 0 Å². The standard InChI is InChI=1S/C14H23NO3/c1-10(9-16)11(2)15-8-12-6-5-7-13(17-3)14(12)18-4/h5-7,10-11,15-16H,8-9H2,1-4H3. The Morgan fingerprint density at radius 2 is 1.94 bits per heavy atom. The van der Waals surface area contributed by atoms with Crippen LogP contribution in [0.25, 0.3) is 0 Å². The first-order valence-electron chi connectivity index (χ1n) is 6.18. The molecule has 0 aliphatic heterocycles. The quantitative estimate of drug-likeness (QED) is 0.778. The molecule has 0 bridgehead atoms. The zero-order valence-corrected chi connectivity index (χ0v) is 11.6. The number of para-hydroxylation sites is 1. The first kappa shape index (κ1) is 14.8. The molecule has 2 atom stereocenters. The van der Waals surface area contributed by atoms with Crippen LogP contribution >= 0.6 is 0 Å². The minimum absolute atomic E-state index is 0.184. The maximum Gasteiger partial charge on any atom is 0.165 e. The van der Waals surface area contributed by atoms with Crippen LogP contribution < -0.4 is 14.8 Å². The van der Waals surface area contributed by atoms with E-state index in [2.05, 4.69) is 12.2 Å². The van der Waals surface area contributed by atoms with E-state index >= 15 is 0 Å². The second-order valence-corrected chi connectivity index (χ2v) is 4.48. The van der Waals surface area contributed by atoms with E-state index in [1.54, 1.807) is 14.2 Å². The molecule has 2 unspecified atom stereocenters. The molecule has 0 saturated heterocycles. The van der Waals surface area contributed by atoms with Gasteiger partial charge in [-0.2, -0.15) is 0 Å². The van der Waals surface area contributed by atoms with Gasteiger partial charge in [-0.15, -0.1) is 0 Å². The van der Waals surface area contributed by atoms with Crippen LogP contribution in [-0.2, 0) is 6.54 Å². The number of methoxy groups -OCH3 is 2. The van der Waals surface area contributed by atoms with Gasteiger partial charge < -0.3 is 19.9 Å². The summed E-state index contributed by atoms with van der Waals surface area (Å²) in [5.41, 5.74) is 1.05. The SMILES string of the molecule is COc1cccc(CNC(C)C(C)CO)c1OC. The minimum atomic E-state index is 0.184. The van der Waals surface area contributed by atoms with Gasteiger partial charge in [0.2, 0.25) is 0 Å². The van der Waals surface area contributed by atoms with Gasteiger partial charge in [0.15, 0.2) is 11.5 Å². The highest BCUT2D eigenvalue weighted by Gasteiger charge is 2.13. The molecule has 1 aromatic carbocycles. The lowest BCUT2D eigenvalue weighted by molar-refractivity contribution is 0.206. The minimum Gasteiger partial charge on any atom is -0.493 e. The predicted molar refractivity (Wildman–Crippen MR) is 72.1 cm³/mol. The summed E-state index contributed by atoms with van der Waals surface area (Å²) in [6.45, 7) is 4.95. The molecule has 0 aliphatic carbocycles. The average Bonchev–Trinajstić information content (AvgIpc) is 2.42. The number of ether oxygens (including phenoxy) is 2. The topological polar surface area (TPSA) is 50.7 Å². The number of nitrogens with one attached hydrogen (secondary N) is 1. The molecule has 0 fully saturated rings. The molecule has 1 aromatic rings. The van der Waals surface area contributed by atoms with Crippen molar-refractivity contribution in [2.75, 3.05) is 20.8 Å². The van der Waals surface area contributed by atoms with Crippen molar-refractivity contribution in [3.63, 3.8) is 0 Å². The van der Waals surface area contributed by atoms with E-state index in [9.17, 15) is 0 Å². The summed E-state index contributed by atoms with van der Waals surface area (Å²) in [5.74, 6) is 1.72. The summed E-state index contributed by atoms with van der Waals surface area (Å²) in [6.07, 6.45) is 0. The van der Waals surface area contributed by atoms with Crippen molar-refractivity contribution in [2.24, 2.45) is 5.92 Å². The Morgan fingerprint density at radius 3 is 2.50 bits per heavy atom. The summed E-state index contributed by atoms with van der Waals surface area (Å²) >= 11 is 0. The van der Waals surface area contributed by atoms with E-state index < -0.39 is 0 Å². The second kappa shape index (κ2) is 7.24. The third-order valence-corrected chi connectivity index (χ3v) is 3.24. The highest BCUT2D eigenvalue weighted by Crippen LogP contribution is 2.30. The van der Waals surface area contributed by atoms with Gasteiger partial charge in [0, 0.05) is 24.8 Å². The van der Waals surface area contributed by atoms with Gasteiger partial charge in [0.05, 0.1) is 14.2 Å². The van der Waals surface area contributed by atoms with Crippen molar-refractivity contribution in [1.82, 2.24) is 5.32 Å². The van der Waals surface area contributed by atoms with Crippen LogP contribution in [0.3, 0.4) is 0 Å². The summed E-state index contributed by atoms with van der Waals surface area (Å²) in [4.78, 5) is 0. The van der Waals surface area contributed by atoms with Gasteiger partial charge in [-0.05, 0) is 18.9 Å². The second-order valence-electron chi connectivity index (χ2n) is 4.48. The molecule has 0 radical (unpaired) electrons. The molecule has 0 spiro atoms. The average molecular weight is 253 g/mol. The molecular weight excluding hydrogens is 230 g/mol. The number of aliphatic hydroxyl groups is 1. The van der Waals surface area contributed by atoms with Crippen molar-refractivity contribution in [1.29, 1.82) is 0 Å². The van der Waals surface area contributed by atoms with Crippen LogP contribution in [0, 0.1) is 5.92 Å². The largest absolute Gasteiger partial charge is 0.493 e. The monoisotopic (exact) mass is 253 g/mol. The van der Waals surface area contributed by atoms with Crippen LogP contribution in [0.4, 0.5) is 0 Å². The van der Waals surface area contributed by atoms with Crippen molar-refractivity contribution in [2.45, 2.75) is 26.4 Å². The third kappa shape index (κ3) is 3.62. The van der Waals surface area contributed by atoms with Crippen molar-refractivity contribution in [3.8, 4) is 11.5 Å². The van der Waals surface area contributed by atoms with Gasteiger partial charge in [0.1, 0.15) is 0 Å². The first-order valence-corrected chi connectivity index (χ1v) is 6.18. The molecule has 18 heavy (non-hydrogen) atoms. The van der Waals surface area contributed by atoms with E-state index in [0.29, 0.717) is 6.54 Å². The fourth-order valence-corrected chi connectivity index (χ4v) is 1.72. The maximum atomic E-state index is 9.10. The summed E-state index contributed by atoms with van der Waals surface area (Å²) in [5, 5.41) is 12.5. The predicted octanol–water partition coefficient (Wildman–Crippen LogP) is 1.81. The maximum absolute atomic E-state index is 9.10. The Hall–Kier alpha value is -1.26. The van der Waals surface area contributed by atoms with Crippen LogP contribution in [-0.4, -0.2) is 32.0 Å². The van der Waals surface area contributed by atoms with Gasteiger partial charge in [-0.1, -0.05) is 19.1 Å². The Morgan fingerprint density at radius 1 is 1.22 bits per heavy atom. The Balaban J connectivity index is 2.72. The highest BCUT2D eigenvalue weighted by molar-refractivity contribution is 5.46. The zero-order valence-electron chi connectivity index (χ0n) is 11.6. The molecule has 4 nitrogen and oxygen atoms in total. The van der Waals surface area contributed by atoms with Crippen molar-refractivity contribution in [3.05, 3.63) is 23.8 Å². The summed E-state index contributed by atoms with van der Waals surface area (Å²) in [6, 6.07) is 6.07. The molecule has 0 saturated carbocycles. The van der Waals surface area contributed by atoms with E-state index in [0.717, 1.165) is 17.1 Å². The Bertz CT molecular complexity index is 368. The number of aliphatic hydroxyl groups excluding tert-OH is 1. The van der Waals surface area contributed by atoms with E-state index in [1.165, 1.54) is 0 Å². The van der Waals surface area contributed by atoms with Crippen LogP contribution in [0.15, 0.2) is 18.2 Å². The zero-order chi connectivity index (χ0) is 13.5. The van der Waals surface area contributed by atoms with E-state index in [4.69, 9.17) is 14.6 Å². The lowest BCUT2D eigenvalue weighted by atomic mass is 10.0. The molecule has 102 valence electrons. The fraction of sp³-hybridized carbons (Fsp3) is 0.571. The molecule has 0 aromatic heterocycles. The number of benzene rings is 1. The smallest absolute Gasteiger partial charge is 0.165 e. The highest BCUT2D eigenvalue weighted by atomic mass is 16.5. The van der Waals surface area contributed by atoms with Gasteiger partial charge >= 0.3 is 0 Å². The summed E-state index contributed by atoms with van der Waals surface area (Å²) in [7, 11) is 3.27. The van der Waals surface area contributed by atoms with Crippen molar-refractivity contribution >= 4 is 0 Å². The Labute approximate surface area is 109 Å². The molecule has 2 N–H and O–H groups in total. The molecule has 1 rings (SSSR count). The van der Waals surface area contributed by atoms with Gasteiger partial charge in [0.25, 0.3) is 0 Å². The first-order chi connectivity index (χ1) is 8.63. The van der Waals surface area contributed by atoms with Crippen LogP contribution in [0.5, 0.6) is 11.5 Å². The molecular formula is C14H23NO3. The van der Waals surface area contributed by atoms with Crippen LogP contribution in [0.1, 0.15) is 19.4 Å². The van der Waals surface area contributed by atoms with Crippen molar-refractivity contribution < 1.29 is 14.6 Å².